The molecule has 5 nitrogen and oxygen atoms in total. The lowest BCUT2D eigenvalue weighted by Crippen LogP contribution is -2.14. The molecule has 20 heavy (non-hydrogen) atoms. The summed E-state index contributed by atoms with van der Waals surface area (Å²) in [6.45, 7) is 10.4. The molecule has 2 rings (SSSR count). The highest BCUT2D eigenvalue weighted by atomic mass is 15.3. The van der Waals surface area contributed by atoms with E-state index in [-0.39, 0.29) is 0 Å². The molecule has 0 aliphatic rings. The van der Waals surface area contributed by atoms with Gasteiger partial charge in [-0.3, -0.25) is 0 Å². The maximum atomic E-state index is 4.63. The summed E-state index contributed by atoms with van der Waals surface area (Å²) < 4.78 is 1.92. The van der Waals surface area contributed by atoms with Crippen molar-refractivity contribution in [2.75, 3.05) is 13.1 Å². The third-order valence-corrected chi connectivity index (χ3v) is 3.48. The molecule has 0 fully saturated rings. The van der Waals surface area contributed by atoms with E-state index in [1.54, 1.807) is 6.33 Å². The molecule has 2 aromatic heterocycles. The number of nitrogens with one attached hydrogen (secondary N) is 1. The molecule has 0 aliphatic heterocycles. The van der Waals surface area contributed by atoms with Crippen LogP contribution in [0.5, 0.6) is 0 Å². The van der Waals surface area contributed by atoms with Gasteiger partial charge in [0.1, 0.15) is 6.33 Å². The number of nitrogens with zero attached hydrogens (tertiary/aromatic N) is 4. The predicted molar refractivity (Wildman–Crippen MR) is 80.2 cm³/mol. The first-order valence-electron chi connectivity index (χ1n) is 7.18. The van der Waals surface area contributed by atoms with Gasteiger partial charge in [-0.15, -0.1) is 0 Å². The van der Waals surface area contributed by atoms with E-state index in [1.165, 1.54) is 11.3 Å². The second kappa shape index (κ2) is 6.61. The summed E-state index contributed by atoms with van der Waals surface area (Å²) >= 11 is 0. The third kappa shape index (κ3) is 3.22. The first-order chi connectivity index (χ1) is 9.63. The lowest BCUT2D eigenvalue weighted by Gasteiger charge is -2.05. The Kier molecular flexibility index (Phi) is 4.84. The minimum atomic E-state index is 0.844. The van der Waals surface area contributed by atoms with E-state index in [1.807, 2.05) is 17.7 Å². The minimum Gasteiger partial charge on any atom is -0.317 e. The lowest BCUT2D eigenvalue weighted by molar-refractivity contribution is 0.670. The fourth-order valence-corrected chi connectivity index (χ4v) is 2.38. The summed E-state index contributed by atoms with van der Waals surface area (Å²) in [5, 5.41) is 7.98. The number of aryl methyl sites for hydroxylation is 2. The van der Waals surface area contributed by atoms with Crippen LogP contribution in [0.3, 0.4) is 0 Å². The Morgan fingerprint density at radius 1 is 1.20 bits per heavy atom. The summed E-state index contributed by atoms with van der Waals surface area (Å²) in [6.07, 6.45) is 3.77. The fourth-order valence-electron chi connectivity index (χ4n) is 2.38. The first-order valence-corrected chi connectivity index (χ1v) is 7.18. The zero-order valence-electron chi connectivity index (χ0n) is 12.8. The van der Waals surface area contributed by atoms with Gasteiger partial charge < -0.3 is 5.32 Å². The monoisotopic (exact) mass is 273 g/mol. The van der Waals surface area contributed by atoms with Gasteiger partial charge >= 0.3 is 0 Å². The molecule has 0 unspecified atom stereocenters. The molecule has 0 aliphatic carbocycles. The molecule has 0 radical (unpaired) electrons. The van der Waals surface area contributed by atoms with Crippen LogP contribution in [0.1, 0.15) is 36.0 Å². The highest BCUT2D eigenvalue weighted by molar-refractivity contribution is 5.32. The Hall–Kier alpha value is -1.75. The van der Waals surface area contributed by atoms with Crippen LogP contribution in [0.4, 0.5) is 0 Å². The maximum Gasteiger partial charge on any atom is 0.157 e. The van der Waals surface area contributed by atoms with Crippen LogP contribution in [0.15, 0.2) is 12.4 Å². The van der Waals surface area contributed by atoms with Crippen LogP contribution in [0.2, 0.25) is 0 Å². The van der Waals surface area contributed by atoms with Gasteiger partial charge in [-0.25, -0.2) is 14.6 Å². The highest BCUT2D eigenvalue weighted by Crippen LogP contribution is 2.18. The predicted octanol–water partition coefficient (Wildman–Crippen LogP) is 2.13. The van der Waals surface area contributed by atoms with E-state index in [2.05, 4.69) is 41.2 Å². The highest BCUT2D eigenvalue weighted by Gasteiger charge is 2.13. The molecule has 5 heteroatoms. The van der Waals surface area contributed by atoms with Crippen LogP contribution >= 0.6 is 0 Å². The topological polar surface area (TPSA) is 55.6 Å². The smallest absolute Gasteiger partial charge is 0.157 e. The van der Waals surface area contributed by atoms with Gasteiger partial charge in [-0.05, 0) is 52.3 Å². The summed E-state index contributed by atoms with van der Waals surface area (Å²) in [5.74, 6) is 0.844. The maximum absolute atomic E-state index is 4.63. The van der Waals surface area contributed by atoms with Crippen molar-refractivity contribution >= 4 is 0 Å². The van der Waals surface area contributed by atoms with Gasteiger partial charge in [0.2, 0.25) is 0 Å². The van der Waals surface area contributed by atoms with Gasteiger partial charge in [0.25, 0.3) is 0 Å². The second-order valence-electron chi connectivity index (χ2n) is 5.04. The van der Waals surface area contributed by atoms with Crippen LogP contribution in [-0.2, 0) is 6.42 Å². The van der Waals surface area contributed by atoms with Gasteiger partial charge in [0.15, 0.2) is 5.82 Å². The first kappa shape index (κ1) is 14.7. The molecular weight excluding hydrogens is 250 g/mol. The lowest BCUT2D eigenvalue weighted by atomic mass is 10.1. The Labute approximate surface area is 120 Å². The van der Waals surface area contributed by atoms with Crippen molar-refractivity contribution < 1.29 is 0 Å². The van der Waals surface area contributed by atoms with Crippen molar-refractivity contribution in [1.82, 2.24) is 25.1 Å². The van der Waals surface area contributed by atoms with E-state index < -0.39 is 0 Å². The van der Waals surface area contributed by atoms with Crippen molar-refractivity contribution in [3.63, 3.8) is 0 Å². The Bertz CT molecular complexity index is 574. The number of rotatable bonds is 6. The third-order valence-electron chi connectivity index (χ3n) is 3.48. The van der Waals surface area contributed by atoms with Crippen molar-refractivity contribution in [1.29, 1.82) is 0 Å². The largest absolute Gasteiger partial charge is 0.317 e. The Morgan fingerprint density at radius 3 is 2.70 bits per heavy atom. The van der Waals surface area contributed by atoms with E-state index in [0.29, 0.717) is 0 Å². The van der Waals surface area contributed by atoms with Crippen molar-refractivity contribution in [2.45, 2.75) is 40.5 Å². The average Bonchev–Trinajstić information content (AvgIpc) is 2.71. The van der Waals surface area contributed by atoms with Crippen molar-refractivity contribution in [2.24, 2.45) is 0 Å². The molecule has 0 amide bonds. The van der Waals surface area contributed by atoms with E-state index >= 15 is 0 Å². The molecule has 0 saturated carbocycles. The van der Waals surface area contributed by atoms with Gasteiger partial charge in [0.05, 0.1) is 5.69 Å². The Balaban J connectivity index is 2.20. The zero-order chi connectivity index (χ0) is 14.5. The van der Waals surface area contributed by atoms with Gasteiger partial charge in [0, 0.05) is 17.5 Å². The van der Waals surface area contributed by atoms with Crippen molar-refractivity contribution in [3.8, 4) is 5.82 Å². The molecular formula is C15H23N5. The molecule has 2 heterocycles. The van der Waals surface area contributed by atoms with Crippen molar-refractivity contribution in [3.05, 3.63) is 35.0 Å². The molecule has 0 spiro atoms. The molecule has 2 aromatic rings. The normalized spacial score (nSPS) is 11.0. The van der Waals surface area contributed by atoms with Crippen LogP contribution < -0.4 is 5.32 Å². The molecule has 0 aromatic carbocycles. The summed E-state index contributed by atoms with van der Waals surface area (Å²) in [6, 6.07) is 1.96. The summed E-state index contributed by atoms with van der Waals surface area (Å²) in [4.78, 5) is 8.45. The van der Waals surface area contributed by atoms with Crippen LogP contribution in [-0.4, -0.2) is 32.8 Å². The zero-order valence-corrected chi connectivity index (χ0v) is 12.8. The SMILES string of the molecule is CCNCCCc1c(C)nn(-c2cc(C)ncn2)c1C. The summed E-state index contributed by atoms with van der Waals surface area (Å²) in [5.41, 5.74) is 4.56. The van der Waals surface area contributed by atoms with Gasteiger partial charge in [-0.1, -0.05) is 6.92 Å². The molecule has 0 saturated heterocycles. The van der Waals surface area contributed by atoms with E-state index in [0.717, 1.165) is 43.1 Å². The fraction of sp³-hybridized carbons (Fsp3) is 0.533. The van der Waals surface area contributed by atoms with Gasteiger partial charge in [-0.2, -0.15) is 5.10 Å². The minimum absolute atomic E-state index is 0.844. The number of hydrogen-bond donors (Lipinski definition) is 1. The van der Waals surface area contributed by atoms with E-state index in [9.17, 15) is 0 Å². The second-order valence-corrected chi connectivity index (χ2v) is 5.04. The molecule has 0 bridgehead atoms. The number of hydrogen-bond acceptors (Lipinski definition) is 4. The molecule has 108 valence electrons. The molecule has 1 N–H and O–H groups in total. The quantitative estimate of drug-likeness (QED) is 0.819. The van der Waals surface area contributed by atoms with E-state index in [4.69, 9.17) is 0 Å². The van der Waals surface area contributed by atoms with Crippen LogP contribution in [0.25, 0.3) is 5.82 Å². The molecule has 0 atom stereocenters. The summed E-state index contributed by atoms with van der Waals surface area (Å²) in [7, 11) is 0. The van der Waals surface area contributed by atoms with Crippen LogP contribution in [0, 0.1) is 20.8 Å². The number of aromatic nitrogens is 4. The average molecular weight is 273 g/mol. The Morgan fingerprint density at radius 2 is 2.00 bits per heavy atom. The standard InChI is InChI=1S/C15H23N5/c1-5-16-8-6-7-14-12(3)19-20(13(14)4)15-9-11(2)17-10-18-15/h9-10,16H,5-8H2,1-4H3.